The van der Waals surface area contributed by atoms with Gasteiger partial charge >= 0.3 is 0 Å². The first-order valence-corrected chi connectivity index (χ1v) is 6.47. The van der Waals surface area contributed by atoms with Gasteiger partial charge in [0.2, 0.25) is 0 Å². The molecule has 1 nitrogen and oxygen atoms in total. The Labute approximate surface area is 97.5 Å². The second-order valence-corrected chi connectivity index (χ2v) is 5.85. The molecule has 2 aliphatic carbocycles. The molecule has 16 heavy (non-hydrogen) atoms. The minimum absolute atomic E-state index is 0.165. The number of rotatable bonds is 3. The fourth-order valence-corrected chi connectivity index (χ4v) is 2.57. The van der Waals surface area contributed by atoms with E-state index in [0.29, 0.717) is 0 Å². The summed E-state index contributed by atoms with van der Waals surface area (Å²) in [6.07, 6.45) is 6.15. The number of aliphatic hydroxyl groups excluding tert-OH is 1. The van der Waals surface area contributed by atoms with Crippen molar-refractivity contribution in [1.29, 1.82) is 0 Å². The number of aliphatic hydroxyl groups is 1. The van der Waals surface area contributed by atoms with Gasteiger partial charge in [-0.15, -0.1) is 0 Å². The van der Waals surface area contributed by atoms with E-state index in [0.717, 1.165) is 11.5 Å². The average Bonchev–Trinajstić information content (AvgIpc) is 2.96. The van der Waals surface area contributed by atoms with Crippen LogP contribution in [-0.4, -0.2) is 5.11 Å². The maximum absolute atomic E-state index is 10.2. The van der Waals surface area contributed by atoms with Gasteiger partial charge in [-0.2, -0.15) is 0 Å². The fraction of sp³-hybridized carbons (Fsp3) is 0.600. The maximum Gasteiger partial charge on any atom is 0.0843 e. The number of benzene rings is 1. The van der Waals surface area contributed by atoms with Crippen molar-refractivity contribution in [1.82, 2.24) is 0 Å². The van der Waals surface area contributed by atoms with E-state index in [4.69, 9.17) is 0 Å². The lowest BCUT2D eigenvalue weighted by atomic mass is 9.79. The molecule has 0 saturated heterocycles. The zero-order chi connectivity index (χ0) is 11.2. The van der Waals surface area contributed by atoms with Gasteiger partial charge in [-0.05, 0) is 48.1 Å². The van der Waals surface area contributed by atoms with Crippen molar-refractivity contribution < 1.29 is 5.11 Å². The standard InChI is InChI=1S/C15H20O/c1-15(9-10-15)14(16)13-7-5-12(6-8-13)11-3-2-4-11/h5-8,11,14,16H,2-4,9-10H2,1H3. The predicted molar refractivity (Wildman–Crippen MR) is 65.3 cm³/mol. The van der Waals surface area contributed by atoms with Crippen LogP contribution in [0.2, 0.25) is 0 Å². The van der Waals surface area contributed by atoms with Gasteiger partial charge in [-0.1, -0.05) is 37.6 Å². The second-order valence-electron chi connectivity index (χ2n) is 5.85. The minimum atomic E-state index is -0.261. The molecular formula is C15H20O. The Kier molecular flexibility index (Phi) is 2.32. The smallest absolute Gasteiger partial charge is 0.0843 e. The Hall–Kier alpha value is -0.820. The van der Waals surface area contributed by atoms with Gasteiger partial charge in [0, 0.05) is 0 Å². The van der Waals surface area contributed by atoms with Crippen molar-refractivity contribution >= 4 is 0 Å². The Morgan fingerprint density at radius 1 is 1.19 bits per heavy atom. The Morgan fingerprint density at radius 2 is 1.81 bits per heavy atom. The largest absolute Gasteiger partial charge is 0.388 e. The first-order valence-electron chi connectivity index (χ1n) is 6.47. The van der Waals surface area contributed by atoms with Crippen LogP contribution in [0.15, 0.2) is 24.3 Å². The van der Waals surface area contributed by atoms with Crippen LogP contribution >= 0.6 is 0 Å². The molecule has 86 valence electrons. The van der Waals surface area contributed by atoms with Crippen LogP contribution in [-0.2, 0) is 0 Å². The third kappa shape index (κ3) is 1.67. The zero-order valence-corrected chi connectivity index (χ0v) is 9.95. The molecule has 0 amide bonds. The summed E-state index contributed by atoms with van der Waals surface area (Å²) in [5, 5.41) is 10.2. The molecule has 3 rings (SSSR count). The highest BCUT2D eigenvalue weighted by atomic mass is 16.3. The number of hydrogen-bond donors (Lipinski definition) is 1. The summed E-state index contributed by atoms with van der Waals surface area (Å²) in [5.74, 6) is 0.794. The molecule has 2 saturated carbocycles. The van der Waals surface area contributed by atoms with Crippen molar-refractivity contribution in [2.75, 3.05) is 0 Å². The zero-order valence-electron chi connectivity index (χ0n) is 9.95. The van der Waals surface area contributed by atoms with Gasteiger partial charge in [0.15, 0.2) is 0 Å². The Morgan fingerprint density at radius 3 is 2.25 bits per heavy atom. The van der Waals surface area contributed by atoms with Crippen LogP contribution in [0.4, 0.5) is 0 Å². The van der Waals surface area contributed by atoms with Gasteiger partial charge in [0.25, 0.3) is 0 Å². The lowest BCUT2D eigenvalue weighted by Crippen LogP contribution is -2.11. The number of hydrogen-bond acceptors (Lipinski definition) is 1. The summed E-state index contributed by atoms with van der Waals surface area (Å²) in [5.41, 5.74) is 2.73. The molecular weight excluding hydrogens is 196 g/mol. The van der Waals surface area contributed by atoms with Gasteiger partial charge in [0.05, 0.1) is 6.10 Å². The highest BCUT2D eigenvalue weighted by molar-refractivity contribution is 5.29. The van der Waals surface area contributed by atoms with E-state index in [1.54, 1.807) is 0 Å². The van der Waals surface area contributed by atoms with Crippen molar-refractivity contribution in [2.24, 2.45) is 5.41 Å². The predicted octanol–water partition coefficient (Wildman–Crippen LogP) is 3.79. The molecule has 2 aliphatic rings. The molecule has 0 spiro atoms. The van der Waals surface area contributed by atoms with Crippen LogP contribution in [0, 0.1) is 5.41 Å². The average molecular weight is 216 g/mol. The quantitative estimate of drug-likeness (QED) is 0.815. The monoisotopic (exact) mass is 216 g/mol. The molecule has 0 aromatic heterocycles. The molecule has 0 aliphatic heterocycles. The Bertz CT molecular complexity index is 371. The summed E-state index contributed by atoms with van der Waals surface area (Å²) in [4.78, 5) is 0. The van der Waals surface area contributed by atoms with Crippen LogP contribution in [0.25, 0.3) is 0 Å². The third-order valence-corrected chi connectivity index (χ3v) is 4.53. The van der Waals surface area contributed by atoms with Gasteiger partial charge in [-0.25, -0.2) is 0 Å². The van der Waals surface area contributed by atoms with Crippen LogP contribution in [0.3, 0.4) is 0 Å². The minimum Gasteiger partial charge on any atom is -0.388 e. The lowest BCUT2D eigenvalue weighted by molar-refractivity contribution is 0.104. The van der Waals surface area contributed by atoms with E-state index in [1.165, 1.54) is 37.7 Å². The molecule has 1 atom stereocenters. The Balaban J connectivity index is 1.76. The molecule has 0 radical (unpaired) electrons. The fourth-order valence-electron chi connectivity index (χ4n) is 2.57. The van der Waals surface area contributed by atoms with Crippen molar-refractivity contribution in [3.05, 3.63) is 35.4 Å². The van der Waals surface area contributed by atoms with Crippen molar-refractivity contribution in [3.63, 3.8) is 0 Å². The first kappa shape index (κ1) is 10.3. The third-order valence-electron chi connectivity index (χ3n) is 4.53. The molecule has 0 heterocycles. The van der Waals surface area contributed by atoms with Gasteiger partial charge in [0.1, 0.15) is 0 Å². The van der Waals surface area contributed by atoms with Crippen LogP contribution in [0.5, 0.6) is 0 Å². The summed E-state index contributed by atoms with van der Waals surface area (Å²) in [7, 11) is 0. The molecule has 1 aromatic carbocycles. The van der Waals surface area contributed by atoms with E-state index in [2.05, 4.69) is 31.2 Å². The maximum atomic E-state index is 10.2. The molecule has 1 unspecified atom stereocenters. The second kappa shape index (κ2) is 3.59. The van der Waals surface area contributed by atoms with Gasteiger partial charge in [-0.3, -0.25) is 0 Å². The molecule has 1 N–H and O–H groups in total. The summed E-state index contributed by atoms with van der Waals surface area (Å²) >= 11 is 0. The van der Waals surface area contributed by atoms with Crippen molar-refractivity contribution in [3.8, 4) is 0 Å². The van der Waals surface area contributed by atoms with Gasteiger partial charge < -0.3 is 5.11 Å². The van der Waals surface area contributed by atoms with E-state index < -0.39 is 0 Å². The summed E-state index contributed by atoms with van der Waals surface area (Å²) in [6, 6.07) is 8.69. The molecule has 1 aromatic rings. The van der Waals surface area contributed by atoms with Crippen LogP contribution < -0.4 is 0 Å². The molecule has 0 bridgehead atoms. The van der Waals surface area contributed by atoms with E-state index in [-0.39, 0.29) is 11.5 Å². The lowest BCUT2D eigenvalue weighted by Gasteiger charge is -2.26. The van der Waals surface area contributed by atoms with Crippen LogP contribution in [0.1, 0.15) is 62.2 Å². The first-order chi connectivity index (χ1) is 7.69. The summed E-state index contributed by atoms with van der Waals surface area (Å²) in [6.45, 7) is 2.18. The SMILES string of the molecule is CC1(C(O)c2ccc(C3CCC3)cc2)CC1. The van der Waals surface area contributed by atoms with E-state index in [1.807, 2.05) is 0 Å². The highest BCUT2D eigenvalue weighted by Gasteiger charge is 2.44. The normalized spacial score (nSPS) is 24.9. The molecule has 2 fully saturated rings. The summed E-state index contributed by atoms with van der Waals surface area (Å²) < 4.78 is 0. The highest BCUT2D eigenvalue weighted by Crippen LogP contribution is 2.54. The van der Waals surface area contributed by atoms with E-state index >= 15 is 0 Å². The van der Waals surface area contributed by atoms with E-state index in [9.17, 15) is 5.11 Å². The topological polar surface area (TPSA) is 20.2 Å². The molecule has 1 heteroatoms. The van der Waals surface area contributed by atoms with Crippen molar-refractivity contribution in [2.45, 2.75) is 51.0 Å².